The molecular formula is C22H28Cl4N2O2. The highest BCUT2D eigenvalue weighted by Gasteiger charge is 2.41. The molecular weight excluding hydrogens is 466 g/mol. The Balaban J connectivity index is 0.00000420. The molecule has 4 nitrogen and oxygen atoms in total. The number of nitrogens with zero attached hydrogens (tertiary/aromatic N) is 1. The Morgan fingerprint density at radius 2 is 1.47 bits per heavy atom. The van der Waals surface area contributed by atoms with Crippen LogP contribution in [-0.2, 0) is 6.42 Å². The summed E-state index contributed by atoms with van der Waals surface area (Å²) in [5, 5.41) is 0.757. The van der Waals surface area contributed by atoms with E-state index < -0.39 is 11.4 Å². The highest BCUT2D eigenvalue weighted by molar-refractivity contribution is 6.30. The van der Waals surface area contributed by atoms with Gasteiger partial charge in [0.15, 0.2) is 0 Å². The van der Waals surface area contributed by atoms with E-state index in [1.165, 1.54) is 5.56 Å². The highest BCUT2D eigenvalue weighted by Crippen LogP contribution is 2.13. The fourth-order valence-electron chi connectivity index (χ4n) is 2.87. The molecule has 0 aliphatic rings. The number of amides is 2. The number of aryl methyl sites for hydroxylation is 1. The normalized spacial score (nSPS) is 11.7. The van der Waals surface area contributed by atoms with E-state index in [4.69, 9.17) is 23.4 Å². The van der Waals surface area contributed by atoms with Crippen molar-refractivity contribution in [1.82, 2.24) is 4.53 Å². The van der Waals surface area contributed by atoms with Gasteiger partial charge in [-0.05, 0) is 75.6 Å². The van der Waals surface area contributed by atoms with E-state index in [1.54, 1.807) is 36.4 Å². The molecule has 0 spiro atoms. The van der Waals surface area contributed by atoms with Gasteiger partial charge < -0.3 is 12.4 Å². The van der Waals surface area contributed by atoms with Gasteiger partial charge in [-0.3, -0.25) is 4.79 Å². The lowest BCUT2D eigenvalue weighted by Crippen LogP contribution is -3.25. The third-order valence-corrected chi connectivity index (χ3v) is 5.00. The van der Waals surface area contributed by atoms with Crippen LogP contribution < -0.4 is 17.4 Å². The predicted octanol–water partition coefficient (Wildman–Crippen LogP) is 2.14. The topological polar surface area (TPSA) is 41.8 Å². The summed E-state index contributed by atoms with van der Waals surface area (Å²) in [6.45, 7) is 7.73. The Morgan fingerprint density at radius 3 is 1.93 bits per heavy atom. The average Bonchev–Trinajstić information content (AvgIpc) is 2.65. The maximum absolute atomic E-state index is 13.2. The predicted molar refractivity (Wildman–Crippen MR) is 121 cm³/mol. The second-order valence-electron chi connectivity index (χ2n) is 7.82. The third-order valence-electron chi connectivity index (χ3n) is 4.43. The number of nitrogens with one attached hydrogen (secondary N) is 1. The summed E-state index contributed by atoms with van der Waals surface area (Å²) >= 11 is 12.3. The molecule has 0 fully saturated rings. The minimum atomic E-state index is -0.623. The Labute approximate surface area is 201 Å². The quantitative estimate of drug-likeness (QED) is 0.512. The zero-order valence-electron chi connectivity index (χ0n) is 17.5. The summed E-state index contributed by atoms with van der Waals surface area (Å²) in [7, 11) is 0. The van der Waals surface area contributed by atoms with Crippen molar-refractivity contribution < 1.29 is 27.0 Å². The number of benzene rings is 2. The van der Waals surface area contributed by atoms with Crippen molar-refractivity contribution in [2.45, 2.75) is 52.5 Å². The molecule has 2 amide bonds. The molecule has 1 N–H and O–H groups in total. The molecule has 0 bridgehead atoms. The molecule has 0 saturated carbocycles. The van der Waals surface area contributed by atoms with Crippen LogP contribution in [0.15, 0.2) is 48.5 Å². The molecule has 0 saturated heterocycles. The maximum Gasteiger partial charge on any atom is 0.370 e. The number of hydrogen-bond donors (Lipinski definition) is 1. The molecule has 0 aromatic heterocycles. The molecule has 0 heterocycles. The molecule has 2 aromatic rings. The number of carbonyl (C=O) groups excluding carboxylic acids is 2. The van der Waals surface area contributed by atoms with Gasteiger partial charge in [-0.1, -0.05) is 41.6 Å². The minimum Gasteiger partial charge on any atom is -1.00 e. The van der Waals surface area contributed by atoms with Crippen LogP contribution in [0.25, 0.3) is 0 Å². The monoisotopic (exact) mass is 492 g/mol. The molecule has 30 heavy (non-hydrogen) atoms. The molecule has 2 rings (SSSR count). The van der Waals surface area contributed by atoms with Crippen LogP contribution in [0.4, 0.5) is 0 Å². The van der Waals surface area contributed by atoms with Gasteiger partial charge in [0.05, 0.1) is 17.3 Å². The Kier molecular flexibility index (Phi) is 12.0. The van der Waals surface area contributed by atoms with Crippen LogP contribution in [0.5, 0.6) is 0 Å². The number of carbonyl (C=O) groups is 2. The van der Waals surface area contributed by atoms with E-state index in [9.17, 15) is 9.59 Å². The van der Waals surface area contributed by atoms with Crippen LogP contribution >= 0.6 is 35.8 Å². The Morgan fingerprint density at radius 1 is 0.967 bits per heavy atom. The first-order valence-corrected chi connectivity index (χ1v) is 10.1. The molecule has 0 aliphatic carbocycles. The molecule has 0 radical (unpaired) electrons. The lowest BCUT2D eigenvalue weighted by atomic mass is 10.0. The number of rotatable bonds is 5. The van der Waals surface area contributed by atoms with Gasteiger partial charge in [-0.25, -0.2) is 4.79 Å². The van der Waals surface area contributed by atoms with Gasteiger partial charge in [0.25, 0.3) is 0 Å². The second kappa shape index (κ2) is 12.5. The number of hydrogen-bond acceptors (Lipinski definition) is 2. The number of quaternary nitrogens is 1. The smallest absolute Gasteiger partial charge is 0.370 e. The van der Waals surface area contributed by atoms with E-state index in [1.807, 2.05) is 32.9 Å². The van der Waals surface area contributed by atoms with Crippen LogP contribution in [0.3, 0.4) is 0 Å². The lowest BCUT2D eigenvalue weighted by Gasteiger charge is -2.33. The van der Waals surface area contributed by atoms with E-state index in [2.05, 4.69) is 6.92 Å². The SMILES string of the molecule is CCCCc1ccc(C(=O)[NH+](N(Cl)C(=O)c2ccc(Cl)cc2)C(C)(C)C)cc1.Cl.[Cl-]. The van der Waals surface area contributed by atoms with Crippen LogP contribution in [-0.4, -0.2) is 21.9 Å². The first kappa shape index (κ1) is 28.7. The van der Waals surface area contributed by atoms with Crippen molar-refractivity contribution in [2.75, 3.05) is 0 Å². The molecule has 166 valence electrons. The fourth-order valence-corrected chi connectivity index (χ4v) is 3.43. The summed E-state index contributed by atoms with van der Waals surface area (Å²) in [5.41, 5.74) is 1.45. The van der Waals surface area contributed by atoms with E-state index in [0.717, 1.165) is 23.8 Å². The van der Waals surface area contributed by atoms with Crippen molar-refractivity contribution in [1.29, 1.82) is 0 Å². The van der Waals surface area contributed by atoms with Gasteiger partial charge >= 0.3 is 11.8 Å². The van der Waals surface area contributed by atoms with Gasteiger partial charge in [0.2, 0.25) is 0 Å². The van der Waals surface area contributed by atoms with Gasteiger partial charge in [0, 0.05) is 10.6 Å². The average molecular weight is 494 g/mol. The van der Waals surface area contributed by atoms with E-state index >= 15 is 0 Å². The van der Waals surface area contributed by atoms with E-state index in [0.29, 0.717) is 16.1 Å². The zero-order chi connectivity index (χ0) is 20.9. The Hall–Kier alpha value is -1.30. The molecule has 1 atom stereocenters. The van der Waals surface area contributed by atoms with Crippen molar-refractivity contribution >= 4 is 47.6 Å². The number of halogens is 4. The molecule has 2 aromatic carbocycles. The van der Waals surface area contributed by atoms with Crippen molar-refractivity contribution in [2.24, 2.45) is 0 Å². The molecule has 1 unspecified atom stereocenters. The summed E-state index contributed by atoms with van der Waals surface area (Å²) in [5.74, 6) is -0.719. The summed E-state index contributed by atoms with van der Waals surface area (Å²) in [4.78, 5) is 26.0. The van der Waals surface area contributed by atoms with Crippen molar-refractivity contribution in [3.8, 4) is 0 Å². The third kappa shape index (κ3) is 7.44. The standard InChI is InChI=1S/C22H26Cl2N2O2.2ClH/c1-5-6-7-16-8-10-17(11-9-16)20(27)25(22(2,3)4)26(24)21(28)18-12-14-19(23)15-13-18;;/h8-15H,5-7H2,1-4H3;2*1H. The molecule has 8 heteroatoms. The minimum absolute atomic E-state index is 0. The maximum atomic E-state index is 13.2. The van der Waals surface area contributed by atoms with Gasteiger partial charge in [0.1, 0.15) is 5.54 Å². The van der Waals surface area contributed by atoms with Crippen LogP contribution in [0, 0.1) is 0 Å². The van der Waals surface area contributed by atoms with Crippen molar-refractivity contribution in [3.05, 3.63) is 70.2 Å². The largest absolute Gasteiger partial charge is 1.00 e. The number of unbranched alkanes of at least 4 members (excludes halogenated alkanes) is 1. The lowest BCUT2D eigenvalue weighted by molar-refractivity contribution is -0.951. The molecule has 0 aliphatic heterocycles. The van der Waals surface area contributed by atoms with Crippen molar-refractivity contribution in [3.63, 3.8) is 0 Å². The van der Waals surface area contributed by atoms with Gasteiger partial charge in [-0.15, -0.1) is 17.4 Å². The van der Waals surface area contributed by atoms with Gasteiger partial charge in [-0.2, -0.15) is 0 Å². The fraction of sp³-hybridized carbons (Fsp3) is 0.364. The summed E-state index contributed by atoms with van der Waals surface area (Å²) in [6.07, 6.45) is 3.21. The van der Waals surface area contributed by atoms with E-state index in [-0.39, 0.29) is 35.7 Å². The Bertz CT molecular complexity index is 819. The summed E-state index contributed by atoms with van der Waals surface area (Å²) in [6, 6.07) is 13.9. The van der Waals surface area contributed by atoms with Crippen LogP contribution in [0.1, 0.15) is 66.8 Å². The first-order valence-electron chi connectivity index (χ1n) is 9.42. The first-order chi connectivity index (χ1) is 13.1. The van der Waals surface area contributed by atoms with Crippen LogP contribution in [0.2, 0.25) is 5.02 Å². The highest BCUT2D eigenvalue weighted by atomic mass is 35.5. The zero-order valence-corrected chi connectivity index (χ0v) is 20.6. The summed E-state index contributed by atoms with van der Waals surface area (Å²) < 4.78 is 0.941. The second-order valence-corrected chi connectivity index (χ2v) is 8.60.